The van der Waals surface area contributed by atoms with Crippen molar-refractivity contribution < 1.29 is 9.90 Å². The van der Waals surface area contributed by atoms with Gasteiger partial charge in [-0.25, -0.2) is 0 Å². The number of hydrogen-bond donors (Lipinski definition) is 2. The van der Waals surface area contributed by atoms with Gasteiger partial charge in [-0.15, -0.1) is 0 Å². The number of aliphatic hydroxyl groups excluding tert-OH is 1. The predicted octanol–water partition coefficient (Wildman–Crippen LogP) is 2.91. The minimum absolute atomic E-state index is 0.0832. The Morgan fingerprint density at radius 2 is 1.71 bits per heavy atom. The fraction of sp³-hybridized carbons (Fsp3) is 0.235. The van der Waals surface area contributed by atoms with Gasteiger partial charge in [0.1, 0.15) is 0 Å². The zero-order chi connectivity index (χ0) is 15.1. The normalized spacial score (nSPS) is 11.9. The van der Waals surface area contributed by atoms with Crippen molar-refractivity contribution in [1.29, 1.82) is 0 Å². The van der Waals surface area contributed by atoms with Crippen LogP contribution in [-0.4, -0.2) is 23.7 Å². The van der Waals surface area contributed by atoms with Gasteiger partial charge in [0.2, 0.25) is 0 Å². The van der Waals surface area contributed by atoms with Crippen LogP contribution in [-0.2, 0) is 11.8 Å². The predicted molar refractivity (Wildman–Crippen MR) is 87.6 cm³/mol. The van der Waals surface area contributed by atoms with E-state index in [2.05, 4.69) is 21.2 Å². The van der Waals surface area contributed by atoms with Crippen LogP contribution in [0.2, 0.25) is 0 Å². The fourth-order valence-corrected chi connectivity index (χ4v) is 2.45. The van der Waals surface area contributed by atoms with E-state index in [-0.39, 0.29) is 18.6 Å². The Morgan fingerprint density at radius 3 is 2.29 bits per heavy atom. The van der Waals surface area contributed by atoms with E-state index in [1.165, 1.54) is 0 Å². The Bertz CT molecular complexity index is 569. The molecule has 0 fully saturated rings. The number of rotatable bonds is 6. The molecule has 0 aromatic heterocycles. The Kier molecular flexibility index (Phi) is 5.96. The van der Waals surface area contributed by atoms with E-state index in [1.807, 2.05) is 42.5 Å². The third-order valence-corrected chi connectivity index (χ3v) is 3.90. The Morgan fingerprint density at radius 1 is 1.05 bits per heavy atom. The minimum Gasteiger partial charge on any atom is -0.394 e. The highest BCUT2D eigenvalue weighted by Gasteiger charge is 2.13. The first-order valence-corrected chi connectivity index (χ1v) is 7.95. The van der Waals surface area contributed by atoms with Crippen molar-refractivity contribution in [2.75, 3.05) is 6.61 Å². The Balaban J connectivity index is 1.98. The summed E-state index contributed by atoms with van der Waals surface area (Å²) in [5.74, 6) is -0.161. The second-order valence-electron chi connectivity index (χ2n) is 4.87. The van der Waals surface area contributed by atoms with Gasteiger partial charge in [-0.05, 0) is 29.7 Å². The van der Waals surface area contributed by atoms with Gasteiger partial charge in [-0.2, -0.15) is 0 Å². The molecule has 2 aromatic rings. The van der Waals surface area contributed by atoms with Gasteiger partial charge in [0.15, 0.2) is 0 Å². The van der Waals surface area contributed by atoms with E-state index in [9.17, 15) is 9.90 Å². The van der Waals surface area contributed by atoms with Crippen molar-refractivity contribution in [1.82, 2.24) is 5.32 Å². The Labute approximate surface area is 133 Å². The molecule has 2 N–H and O–H groups in total. The van der Waals surface area contributed by atoms with Crippen LogP contribution in [0.25, 0.3) is 0 Å². The molecule has 0 bridgehead atoms. The number of aliphatic hydroxyl groups is 1. The second kappa shape index (κ2) is 7.96. The summed E-state index contributed by atoms with van der Waals surface area (Å²) in [7, 11) is 0. The lowest BCUT2D eigenvalue weighted by molar-refractivity contribution is 0.0916. The van der Waals surface area contributed by atoms with Crippen LogP contribution in [0.15, 0.2) is 54.6 Å². The van der Waals surface area contributed by atoms with Crippen LogP contribution in [0.1, 0.15) is 21.5 Å². The average molecular weight is 348 g/mol. The van der Waals surface area contributed by atoms with Crippen molar-refractivity contribution in [3.63, 3.8) is 0 Å². The summed E-state index contributed by atoms with van der Waals surface area (Å²) >= 11 is 3.37. The summed E-state index contributed by atoms with van der Waals surface area (Å²) in [6.07, 6.45) is 0.614. The molecule has 0 heterocycles. The summed E-state index contributed by atoms with van der Waals surface area (Å²) in [4.78, 5) is 12.2. The number of amides is 1. The van der Waals surface area contributed by atoms with Gasteiger partial charge in [-0.3, -0.25) is 4.79 Å². The maximum Gasteiger partial charge on any atom is 0.251 e. The molecule has 0 saturated heterocycles. The molecular weight excluding hydrogens is 330 g/mol. The molecule has 1 unspecified atom stereocenters. The molecular formula is C17H18BrNO2. The molecule has 0 spiro atoms. The number of nitrogens with one attached hydrogen (secondary N) is 1. The van der Waals surface area contributed by atoms with Gasteiger partial charge < -0.3 is 10.4 Å². The smallest absolute Gasteiger partial charge is 0.251 e. The number of carbonyl (C=O) groups excluding carboxylic acids is 1. The number of carbonyl (C=O) groups is 1. The first-order valence-electron chi connectivity index (χ1n) is 6.83. The fourth-order valence-electron chi connectivity index (χ4n) is 2.07. The second-order valence-corrected chi connectivity index (χ2v) is 5.43. The van der Waals surface area contributed by atoms with Crippen molar-refractivity contribution in [2.24, 2.45) is 0 Å². The molecule has 2 aromatic carbocycles. The van der Waals surface area contributed by atoms with Crippen LogP contribution in [0.3, 0.4) is 0 Å². The standard InChI is InChI=1S/C17H18BrNO2/c18-11-14-6-8-15(9-7-14)17(21)19-16(12-20)10-13-4-2-1-3-5-13/h1-9,16,20H,10-12H2,(H,19,21). The molecule has 21 heavy (non-hydrogen) atoms. The Hall–Kier alpha value is -1.65. The van der Waals surface area contributed by atoms with E-state index < -0.39 is 0 Å². The van der Waals surface area contributed by atoms with Gasteiger partial charge in [0, 0.05) is 10.9 Å². The first-order chi connectivity index (χ1) is 10.2. The van der Waals surface area contributed by atoms with Gasteiger partial charge in [-0.1, -0.05) is 58.4 Å². The van der Waals surface area contributed by atoms with Gasteiger partial charge in [0.05, 0.1) is 12.6 Å². The zero-order valence-corrected chi connectivity index (χ0v) is 13.2. The molecule has 0 aliphatic rings. The lowest BCUT2D eigenvalue weighted by Crippen LogP contribution is -2.39. The molecule has 4 heteroatoms. The third-order valence-electron chi connectivity index (χ3n) is 3.25. The lowest BCUT2D eigenvalue weighted by Gasteiger charge is -2.16. The molecule has 0 radical (unpaired) electrons. The summed E-state index contributed by atoms with van der Waals surface area (Å²) in [6.45, 7) is -0.0832. The number of benzene rings is 2. The molecule has 2 rings (SSSR count). The summed E-state index contributed by atoms with van der Waals surface area (Å²) in [5, 5.41) is 13.1. The number of alkyl halides is 1. The van der Waals surface area contributed by atoms with E-state index >= 15 is 0 Å². The van der Waals surface area contributed by atoms with Crippen molar-refractivity contribution >= 4 is 21.8 Å². The van der Waals surface area contributed by atoms with Gasteiger partial charge >= 0.3 is 0 Å². The van der Waals surface area contributed by atoms with E-state index in [0.29, 0.717) is 12.0 Å². The van der Waals surface area contributed by atoms with E-state index in [0.717, 1.165) is 16.5 Å². The molecule has 3 nitrogen and oxygen atoms in total. The maximum atomic E-state index is 12.2. The molecule has 110 valence electrons. The highest BCUT2D eigenvalue weighted by molar-refractivity contribution is 9.08. The van der Waals surface area contributed by atoms with E-state index in [1.54, 1.807) is 12.1 Å². The molecule has 0 saturated carbocycles. The minimum atomic E-state index is -0.282. The topological polar surface area (TPSA) is 49.3 Å². The molecule has 1 atom stereocenters. The molecule has 0 aliphatic carbocycles. The average Bonchev–Trinajstić information content (AvgIpc) is 2.55. The van der Waals surface area contributed by atoms with Crippen molar-refractivity contribution in [3.8, 4) is 0 Å². The largest absolute Gasteiger partial charge is 0.394 e. The quantitative estimate of drug-likeness (QED) is 0.789. The lowest BCUT2D eigenvalue weighted by atomic mass is 10.1. The summed E-state index contributed by atoms with van der Waals surface area (Å²) in [6, 6.07) is 16.9. The summed E-state index contributed by atoms with van der Waals surface area (Å²) < 4.78 is 0. The highest BCUT2D eigenvalue weighted by Crippen LogP contribution is 2.09. The monoisotopic (exact) mass is 347 g/mol. The van der Waals surface area contributed by atoms with Crippen LogP contribution < -0.4 is 5.32 Å². The van der Waals surface area contributed by atoms with Crippen LogP contribution in [0, 0.1) is 0 Å². The maximum absolute atomic E-state index is 12.2. The van der Waals surface area contributed by atoms with Crippen molar-refractivity contribution in [3.05, 3.63) is 71.3 Å². The van der Waals surface area contributed by atoms with Gasteiger partial charge in [0.25, 0.3) is 5.91 Å². The molecule has 1 amide bonds. The van der Waals surface area contributed by atoms with Crippen LogP contribution in [0.5, 0.6) is 0 Å². The zero-order valence-electron chi connectivity index (χ0n) is 11.6. The summed E-state index contributed by atoms with van der Waals surface area (Å²) in [5.41, 5.74) is 2.81. The SMILES string of the molecule is O=C(NC(CO)Cc1ccccc1)c1ccc(CBr)cc1. The highest BCUT2D eigenvalue weighted by atomic mass is 79.9. The molecule has 0 aliphatic heterocycles. The van der Waals surface area contributed by atoms with E-state index in [4.69, 9.17) is 0 Å². The third kappa shape index (κ3) is 4.69. The van der Waals surface area contributed by atoms with Crippen LogP contribution >= 0.6 is 15.9 Å². The number of halogens is 1. The first kappa shape index (κ1) is 15.7. The van der Waals surface area contributed by atoms with Crippen molar-refractivity contribution in [2.45, 2.75) is 17.8 Å². The number of hydrogen-bond acceptors (Lipinski definition) is 2. The van der Waals surface area contributed by atoms with Crippen LogP contribution in [0.4, 0.5) is 0 Å².